The van der Waals surface area contributed by atoms with E-state index in [2.05, 4.69) is 32.0 Å². The van der Waals surface area contributed by atoms with Gasteiger partial charge in [0.25, 0.3) is 0 Å². The van der Waals surface area contributed by atoms with E-state index in [-0.39, 0.29) is 0 Å². The van der Waals surface area contributed by atoms with Gasteiger partial charge in [0.05, 0.1) is 11.1 Å². The van der Waals surface area contributed by atoms with Crippen LogP contribution >= 0.6 is 11.6 Å². The topological polar surface area (TPSA) is 62.1 Å². The maximum absolute atomic E-state index is 10.4. The van der Waals surface area contributed by atoms with Gasteiger partial charge in [-0.15, -0.1) is 0 Å². The Bertz CT molecular complexity index is 1270. The number of benzene rings is 2. The van der Waals surface area contributed by atoms with Crippen molar-refractivity contribution >= 4 is 34.0 Å². The van der Waals surface area contributed by atoms with Gasteiger partial charge in [-0.25, -0.2) is 9.97 Å². The van der Waals surface area contributed by atoms with Crippen LogP contribution in [0, 0.1) is 0 Å². The average Bonchev–Trinajstić information content (AvgIpc) is 3.22. The highest BCUT2D eigenvalue weighted by Crippen LogP contribution is 2.39. The minimum atomic E-state index is -0.952. The van der Waals surface area contributed by atoms with Crippen molar-refractivity contribution in [3.05, 3.63) is 77.3 Å². The normalized spacial score (nSPS) is 13.0. The fourth-order valence-electron chi connectivity index (χ4n) is 3.94. The van der Waals surface area contributed by atoms with Crippen molar-refractivity contribution in [3.63, 3.8) is 0 Å². The zero-order valence-corrected chi connectivity index (χ0v) is 19.6. The molecule has 0 bridgehead atoms. The quantitative estimate of drug-likeness (QED) is 0.400. The zero-order chi connectivity index (χ0) is 22.9. The van der Waals surface area contributed by atoms with Crippen LogP contribution < -0.4 is 4.90 Å². The molecule has 1 N–H and O–H groups in total. The molecule has 0 saturated heterocycles. The number of halogens is 1. The standard InChI is InChI=1S/C24H21ClN4O.C2H6/c1-24(2,30)18-9-17(12-26-13-18)16-4-6-21-20(10-16)23(28-14-27-21)29-8-7-15-3-5-19(25)11-22(15)29;1-2/h3-6,9-14,30H,7-8H2,1-2H3;1-2H3. The van der Waals surface area contributed by atoms with Crippen LogP contribution in [0.4, 0.5) is 11.5 Å². The number of nitrogens with zero attached hydrogens (tertiary/aromatic N) is 4. The van der Waals surface area contributed by atoms with Crippen LogP contribution in [0.15, 0.2) is 61.2 Å². The number of pyridine rings is 1. The number of aromatic nitrogens is 3. The molecule has 1 aliphatic heterocycles. The van der Waals surface area contributed by atoms with Gasteiger partial charge in [0.1, 0.15) is 12.1 Å². The zero-order valence-electron chi connectivity index (χ0n) is 18.8. The largest absolute Gasteiger partial charge is 0.386 e. The van der Waals surface area contributed by atoms with E-state index in [0.717, 1.165) is 52.1 Å². The third-order valence-electron chi connectivity index (χ3n) is 5.59. The lowest BCUT2D eigenvalue weighted by atomic mass is 9.96. The van der Waals surface area contributed by atoms with Gasteiger partial charge in [0, 0.05) is 46.2 Å². The molecule has 164 valence electrons. The second-order valence-electron chi connectivity index (χ2n) is 8.13. The van der Waals surface area contributed by atoms with Crippen LogP contribution in [0.25, 0.3) is 22.0 Å². The molecule has 0 spiro atoms. The van der Waals surface area contributed by atoms with Crippen LogP contribution in [0.3, 0.4) is 0 Å². The summed E-state index contributed by atoms with van der Waals surface area (Å²) in [6.45, 7) is 8.37. The highest BCUT2D eigenvalue weighted by molar-refractivity contribution is 6.31. The SMILES string of the molecule is CC.CC(C)(O)c1cncc(-c2ccc3ncnc(N4CCc5ccc(Cl)cc54)c3c2)c1. The van der Waals surface area contributed by atoms with Crippen LogP contribution in [-0.4, -0.2) is 26.6 Å². The Morgan fingerprint density at radius 3 is 2.56 bits per heavy atom. The van der Waals surface area contributed by atoms with Gasteiger partial charge in [-0.05, 0) is 61.7 Å². The second kappa shape index (κ2) is 8.85. The van der Waals surface area contributed by atoms with Gasteiger partial charge in [-0.1, -0.05) is 37.6 Å². The summed E-state index contributed by atoms with van der Waals surface area (Å²) >= 11 is 6.26. The van der Waals surface area contributed by atoms with Crippen LogP contribution in [0.2, 0.25) is 5.02 Å². The molecule has 6 heteroatoms. The summed E-state index contributed by atoms with van der Waals surface area (Å²) < 4.78 is 0. The average molecular weight is 447 g/mol. The molecule has 5 nitrogen and oxygen atoms in total. The summed E-state index contributed by atoms with van der Waals surface area (Å²) in [5, 5.41) is 12.0. The predicted octanol–water partition coefficient (Wildman–Crippen LogP) is 6.29. The van der Waals surface area contributed by atoms with Gasteiger partial charge in [-0.2, -0.15) is 0 Å². The van der Waals surface area contributed by atoms with E-state index < -0.39 is 5.60 Å². The second-order valence-corrected chi connectivity index (χ2v) is 8.56. The summed E-state index contributed by atoms with van der Waals surface area (Å²) in [5.41, 5.74) is 5.01. The molecule has 0 aliphatic carbocycles. The van der Waals surface area contributed by atoms with Gasteiger partial charge in [0.15, 0.2) is 0 Å². The number of hydrogen-bond donors (Lipinski definition) is 1. The Morgan fingerprint density at radius 2 is 1.78 bits per heavy atom. The van der Waals surface area contributed by atoms with E-state index >= 15 is 0 Å². The summed E-state index contributed by atoms with van der Waals surface area (Å²) in [7, 11) is 0. The summed E-state index contributed by atoms with van der Waals surface area (Å²) in [4.78, 5) is 15.6. The molecule has 0 radical (unpaired) electrons. The van der Waals surface area contributed by atoms with Gasteiger partial charge >= 0.3 is 0 Å². The molecule has 1 aliphatic rings. The van der Waals surface area contributed by atoms with Crippen molar-refractivity contribution < 1.29 is 5.11 Å². The fourth-order valence-corrected chi connectivity index (χ4v) is 4.11. The molecule has 4 aromatic rings. The van der Waals surface area contributed by atoms with Crippen molar-refractivity contribution in [3.8, 4) is 11.1 Å². The maximum Gasteiger partial charge on any atom is 0.144 e. The smallest absolute Gasteiger partial charge is 0.144 e. The molecule has 0 fully saturated rings. The van der Waals surface area contributed by atoms with E-state index in [0.29, 0.717) is 5.02 Å². The summed E-state index contributed by atoms with van der Waals surface area (Å²) in [6.07, 6.45) is 6.07. The predicted molar refractivity (Wildman–Crippen MR) is 132 cm³/mol. The number of hydrogen-bond acceptors (Lipinski definition) is 5. The lowest BCUT2D eigenvalue weighted by Gasteiger charge is -2.21. The Balaban J connectivity index is 0.00000119. The third-order valence-corrected chi connectivity index (χ3v) is 5.83. The lowest BCUT2D eigenvalue weighted by molar-refractivity contribution is 0.0783. The monoisotopic (exact) mass is 446 g/mol. The first-order valence-electron chi connectivity index (χ1n) is 10.9. The lowest BCUT2D eigenvalue weighted by Crippen LogP contribution is -2.16. The van der Waals surface area contributed by atoms with Crippen molar-refractivity contribution in [1.29, 1.82) is 0 Å². The van der Waals surface area contributed by atoms with Gasteiger partial charge in [-0.3, -0.25) is 4.98 Å². The summed E-state index contributed by atoms with van der Waals surface area (Å²) in [6, 6.07) is 14.1. The van der Waals surface area contributed by atoms with E-state index in [1.165, 1.54) is 5.56 Å². The Labute approximate surface area is 193 Å². The molecule has 2 aromatic heterocycles. The molecule has 0 amide bonds. The Morgan fingerprint density at radius 1 is 0.969 bits per heavy atom. The van der Waals surface area contributed by atoms with Gasteiger partial charge in [0.2, 0.25) is 0 Å². The van der Waals surface area contributed by atoms with Crippen molar-refractivity contribution in [1.82, 2.24) is 15.0 Å². The van der Waals surface area contributed by atoms with Crippen LogP contribution in [-0.2, 0) is 12.0 Å². The highest BCUT2D eigenvalue weighted by atomic mass is 35.5. The van der Waals surface area contributed by atoms with E-state index in [9.17, 15) is 5.11 Å². The van der Waals surface area contributed by atoms with E-state index in [1.807, 2.05) is 50.4 Å². The van der Waals surface area contributed by atoms with Crippen LogP contribution in [0.1, 0.15) is 38.8 Å². The Kier molecular flexibility index (Phi) is 6.13. The molecule has 0 atom stereocenters. The third kappa shape index (κ3) is 4.18. The Hall–Kier alpha value is -3.02. The number of anilines is 2. The molecular weight excluding hydrogens is 420 g/mol. The number of aliphatic hydroxyl groups is 1. The minimum Gasteiger partial charge on any atom is -0.386 e. The van der Waals surface area contributed by atoms with Gasteiger partial charge < -0.3 is 10.0 Å². The first-order chi connectivity index (χ1) is 15.4. The first-order valence-corrected chi connectivity index (χ1v) is 11.3. The molecule has 5 rings (SSSR count). The van der Waals surface area contributed by atoms with E-state index in [4.69, 9.17) is 11.6 Å². The van der Waals surface area contributed by atoms with Crippen molar-refractivity contribution in [2.75, 3.05) is 11.4 Å². The molecule has 0 unspecified atom stereocenters. The van der Waals surface area contributed by atoms with Crippen LogP contribution in [0.5, 0.6) is 0 Å². The minimum absolute atomic E-state index is 0.717. The first kappa shape index (κ1) is 22.2. The van der Waals surface area contributed by atoms with E-state index in [1.54, 1.807) is 26.4 Å². The molecule has 3 heterocycles. The molecule has 32 heavy (non-hydrogen) atoms. The summed E-state index contributed by atoms with van der Waals surface area (Å²) in [5.74, 6) is 0.870. The molecule has 0 saturated carbocycles. The number of rotatable bonds is 3. The molecular formula is C26H27ClN4O. The highest BCUT2D eigenvalue weighted by Gasteiger charge is 2.24. The van der Waals surface area contributed by atoms with Crippen molar-refractivity contribution in [2.45, 2.75) is 39.7 Å². The number of fused-ring (bicyclic) bond motifs is 2. The molecule has 2 aromatic carbocycles. The maximum atomic E-state index is 10.4. The van der Waals surface area contributed by atoms with Crippen molar-refractivity contribution in [2.24, 2.45) is 0 Å². The fraction of sp³-hybridized carbons (Fsp3) is 0.269.